The van der Waals surface area contributed by atoms with Gasteiger partial charge in [0.25, 0.3) is 5.91 Å². The third-order valence-electron chi connectivity index (χ3n) is 6.22. The summed E-state index contributed by atoms with van der Waals surface area (Å²) in [6.45, 7) is 0.727. The molecule has 1 aliphatic heterocycles. The predicted octanol–water partition coefficient (Wildman–Crippen LogP) is 6.18. The van der Waals surface area contributed by atoms with Gasteiger partial charge in [0.2, 0.25) is 0 Å². The number of para-hydroxylation sites is 1. The molecular formula is C24H23Cl2N3O. The van der Waals surface area contributed by atoms with Crippen LogP contribution in [0.2, 0.25) is 10.0 Å². The van der Waals surface area contributed by atoms with Crippen LogP contribution in [0.4, 0.5) is 0 Å². The van der Waals surface area contributed by atoms with E-state index in [0.29, 0.717) is 21.7 Å². The maximum absolute atomic E-state index is 13.7. The minimum absolute atomic E-state index is 0.0800. The summed E-state index contributed by atoms with van der Waals surface area (Å²) in [4.78, 5) is 15.8. The molecule has 4 nitrogen and oxygen atoms in total. The monoisotopic (exact) mass is 439 g/mol. The molecule has 2 aromatic carbocycles. The molecule has 6 heteroatoms. The summed E-state index contributed by atoms with van der Waals surface area (Å²) in [5, 5.41) is 6.08. The van der Waals surface area contributed by atoms with Crippen LogP contribution in [0, 0.1) is 0 Å². The lowest BCUT2D eigenvalue weighted by Gasteiger charge is -2.36. The van der Waals surface area contributed by atoms with Crippen molar-refractivity contribution >= 4 is 29.1 Å². The SMILES string of the molecule is O=C1c2c(nn(-c3ccccc3Cl)c2-c2cccc(Cl)c2)CCN1C1CCCCC1. The van der Waals surface area contributed by atoms with Crippen molar-refractivity contribution in [2.75, 3.05) is 6.54 Å². The van der Waals surface area contributed by atoms with Gasteiger partial charge in [-0.05, 0) is 37.1 Å². The summed E-state index contributed by atoms with van der Waals surface area (Å²) in [6.07, 6.45) is 6.59. The number of hydrogen-bond acceptors (Lipinski definition) is 2. The summed E-state index contributed by atoms with van der Waals surface area (Å²) < 4.78 is 1.82. The first-order chi connectivity index (χ1) is 14.6. The molecule has 30 heavy (non-hydrogen) atoms. The molecule has 5 rings (SSSR count). The first-order valence-electron chi connectivity index (χ1n) is 10.6. The van der Waals surface area contributed by atoms with Crippen LogP contribution >= 0.6 is 23.2 Å². The van der Waals surface area contributed by atoms with E-state index < -0.39 is 0 Å². The Kier molecular flexibility index (Phi) is 5.30. The number of nitrogens with zero attached hydrogens (tertiary/aromatic N) is 3. The molecule has 0 atom stereocenters. The third kappa shape index (κ3) is 3.42. The highest BCUT2D eigenvalue weighted by molar-refractivity contribution is 6.32. The molecule has 0 N–H and O–H groups in total. The number of benzene rings is 2. The minimum Gasteiger partial charge on any atom is -0.335 e. The average Bonchev–Trinajstić information content (AvgIpc) is 3.15. The zero-order chi connectivity index (χ0) is 20.7. The third-order valence-corrected chi connectivity index (χ3v) is 6.77. The molecule has 1 fully saturated rings. The zero-order valence-electron chi connectivity index (χ0n) is 16.7. The van der Waals surface area contributed by atoms with Crippen molar-refractivity contribution in [1.82, 2.24) is 14.7 Å². The number of carbonyl (C=O) groups excluding carboxylic acids is 1. The molecule has 0 spiro atoms. The van der Waals surface area contributed by atoms with Crippen LogP contribution in [0.25, 0.3) is 16.9 Å². The second-order valence-electron chi connectivity index (χ2n) is 8.08. The van der Waals surface area contributed by atoms with E-state index in [-0.39, 0.29) is 5.91 Å². The minimum atomic E-state index is 0.0800. The number of rotatable bonds is 3. The Morgan fingerprint density at radius 3 is 2.53 bits per heavy atom. The highest BCUT2D eigenvalue weighted by Crippen LogP contribution is 2.37. The Morgan fingerprint density at radius 1 is 0.967 bits per heavy atom. The Morgan fingerprint density at radius 2 is 1.77 bits per heavy atom. The van der Waals surface area contributed by atoms with Crippen LogP contribution < -0.4 is 0 Å². The lowest BCUT2D eigenvalue weighted by atomic mass is 9.91. The Hall–Kier alpha value is -2.30. The van der Waals surface area contributed by atoms with Gasteiger partial charge in [0.1, 0.15) is 0 Å². The standard InChI is InChI=1S/C24H23Cl2N3O/c25-17-8-6-7-16(15-17)23-22-20(27-29(23)21-12-5-4-11-19(21)26)13-14-28(24(22)30)18-9-2-1-3-10-18/h4-8,11-12,15,18H,1-3,9-10,13-14H2. The summed E-state index contributed by atoms with van der Waals surface area (Å²) in [5.41, 5.74) is 3.93. The van der Waals surface area contributed by atoms with Gasteiger partial charge >= 0.3 is 0 Å². The van der Waals surface area contributed by atoms with E-state index in [1.165, 1.54) is 19.3 Å². The molecular weight excluding hydrogens is 417 g/mol. The molecule has 3 aromatic rings. The van der Waals surface area contributed by atoms with Gasteiger partial charge in [0.15, 0.2) is 0 Å². The normalized spacial score (nSPS) is 17.3. The molecule has 2 aliphatic rings. The van der Waals surface area contributed by atoms with Gasteiger partial charge in [-0.1, -0.05) is 66.7 Å². The van der Waals surface area contributed by atoms with Gasteiger partial charge in [-0.3, -0.25) is 4.79 Å². The highest BCUT2D eigenvalue weighted by atomic mass is 35.5. The van der Waals surface area contributed by atoms with Crippen LogP contribution in [-0.4, -0.2) is 33.2 Å². The number of carbonyl (C=O) groups is 1. The fourth-order valence-corrected chi connectivity index (χ4v) is 5.18. The molecule has 1 aliphatic carbocycles. The predicted molar refractivity (Wildman–Crippen MR) is 121 cm³/mol. The van der Waals surface area contributed by atoms with Gasteiger partial charge in [0.05, 0.1) is 27.7 Å². The quantitative estimate of drug-likeness (QED) is 0.488. The molecule has 2 heterocycles. The Labute approximate surface area is 186 Å². The topological polar surface area (TPSA) is 38.1 Å². The van der Waals surface area contributed by atoms with Crippen molar-refractivity contribution in [3.8, 4) is 16.9 Å². The van der Waals surface area contributed by atoms with Crippen LogP contribution in [0.3, 0.4) is 0 Å². The van der Waals surface area contributed by atoms with Crippen molar-refractivity contribution in [2.24, 2.45) is 0 Å². The lowest BCUT2D eigenvalue weighted by Crippen LogP contribution is -2.45. The van der Waals surface area contributed by atoms with Gasteiger partial charge in [-0.2, -0.15) is 5.10 Å². The molecule has 0 saturated heterocycles. The number of hydrogen-bond donors (Lipinski definition) is 0. The first-order valence-corrected chi connectivity index (χ1v) is 11.3. The van der Waals surface area contributed by atoms with Crippen molar-refractivity contribution in [1.29, 1.82) is 0 Å². The van der Waals surface area contributed by atoms with E-state index in [4.69, 9.17) is 28.3 Å². The summed E-state index contributed by atoms with van der Waals surface area (Å²) in [5.74, 6) is 0.0800. The van der Waals surface area contributed by atoms with Crippen molar-refractivity contribution in [3.05, 3.63) is 69.8 Å². The summed E-state index contributed by atoms with van der Waals surface area (Å²) >= 11 is 12.8. The maximum atomic E-state index is 13.7. The Bertz CT molecular complexity index is 1100. The molecule has 0 radical (unpaired) electrons. The van der Waals surface area contributed by atoms with Crippen LogP contribution in [0.15, 0.2) is 48.5 Å². The maximum Gasteiger partial charge on any atom is 0.258 e. The van der Waals surface area contributed by atoms with Crippen molar-refractivity contribution in [3.63, 3.8) is 0 Å². The molecule has 1 aromatic heterocycles. The largest absolute Gasteiger partial charge is 0.335 e. The number of amides is 1. The molecule has 1 saturated carbocycles. The molecule has 1 amide bonds. The zero-order valence-corrected chi connectivity index (χ0v) is 18.2. The van der Waals surface area contributed by atoms with Crippen molar-refractivity contribution < 1.29 is 4.79 Å². The second-order valence-corrected chi connectivity index (χ2v) is 8.93. The van der Waals surface area contributed by atoms with Crippen LogP contribution in [-0.2, 0) is 6.42 Å². The van der Waals surface area contributed by atoms with Crippen LogP contribution in [0.5, 0.6) is 0 Å². The van der Waals surface area contributed by atoms with E-state index in [0.717, 1.165) is 48.4 Å². The molecule has 0 bridgehead atoms. The summed E-state index contributed by atoms with van der Waals surface area (Å²) in [6, 6.07) is 15.5. The first kappa shape index (κ1) is 19.7. The fraction of sp³-hybridized carbons (Fsp3) is 0.333. The average molecular weight is 440 g/mol. The molecule has 0 unspecified atom stereocenters. The van der Waals surface area contributed by atoms with Crippen LogP contribution in [0.1, 0.15) is 48.2 Å². The second kappa shape index (κ2) is 8.09. The lowest BCUT2D eigenvalue weighted by molar-refractivity contribution is 0.0615. The highest BCUT2D eigenvalue weighted by Gasteiger charge is 2.36. The van der Waals surface area contributed by atoms with E-state index in [9.17, 15) is 4.79 Å². The molecule has 154 valence electrons. The van der Waals surface area contributed by atoms with E-state index in [1.54, 1.807) is 0 Å². The smallest absolute Gasteiger partial charge is 0.258 e. The number of fused-ring (bicyclic) bond motifs is 1. The van der Waals surface area contributed by atoms with Gasteiger partial charge < -0.3 is 4.90 Å². The van der Waals surface area contributed by atoms with E-state index in [2.05, 4.69) is 4.90 Å². The van der Waals surface area contributed by atoms with Gasteiger partial charge in [0, 0.05) is 29.6 Å². The summed E-state index contributed by atoms with van der Waals surface area (Å²) in [7, 11) is 0. The number of aromatic nitrogens is 2. The Balaban J connectivity index is 1.68. The fourth-order valence-electron chi connectivity index (χ4n) is 4.78. The number of halogens is 2. The van der Waals surface area contributed by atoms with E-state index >= 15 is 0 Å². The van der Waals surface area contributed by atoms with Crippen molar-refractivity contribution in [2.45, 2.75) is 44.6 Å². The van der Waals surface area contributed by atoms with Gasteiger partial charge in [-0.25, -0.2) is 4.68 Å². The van der Waals surface area contributed by atoms with E-state index in [1.807, 2.05) is 53.2 Å². The van der Waals surface area contributed by atoms with Gasteiger partial charge in [-0.15, -0.1) is 0 Å².